The van der Waals surface area contributed by atoms with Gasteiger partial charge in [0.2, 0.25) is 7.38 Å². The standard InChI is InChI=1S/C24H18Cl2Si.C18H15ClSi.C6H3BrCl2/c25-22-17-10-18-23(24(22)26)27(19-11-4-1-5-12-19,20-13-6-2-7-14-20)21-15-8-3-9-16-21;19-20(16-10-4-1-5-11-16,17-12-6-2-7-13-17)18-14-8-3-9-15-18;7-4-2-1-3-5(8)6(4)9/h1-18H;1-15H;1-3H. The molecule has 0 amide bonds. The summed E-state index contributed by atoms with van der Waals surface area (Å²) in [5, 5.41) is 11.0. The van der Waals surface area contributed by atoms with E-state index in [1.165, 1.54) is 31.1 Å². The van der Waals surface area contributed by atoms with Gasteiger partial charge >= 0.3 is 0 Å². The molecule has 0 saturated carbocycles. The maximum Gasteiger partial charge on any atom is 0.247 e. The number of hydrogen-bond acceptors (Lipinski definition) is 0. The van der Waals surface area contributed by atoms with Crippen molar-refractivity contribution in [3.8, 4) is 0 Å². The normalized spacial score (nSPS) is 11.0. The molecule has 0 N–H and O–H groups in total. The van der Waals surface area contributed by atoms with Crippen molar-refractivity contribution in [3.63, 3.8) is 0 Å². The molecule has 0 aliphatic rings. The zero-order valence-corrected chi connectivity index (χ0v) is 37.4. The van der Waals surface area contributed by atoms with Crippen LogP contribution in [0, 0.1) is 0 Å². The number of benzene rings is 8. The lowest BCUT2D eigenvalue weighted by atomic mass is 10.3. The zero-order valence-electron chi connectivity index (χ0n) is 30.1. The van der Waals surface area contributed by atoms with Gasteiger partial charge in [0, 0.05) is 4.47 Å². The van der Waals surface area contributed by atoms with Crippen molar-refractivity contribution in [2.45, 2.75) is 0 Å². The highest BCUT2D eigenvalue weighted by Gasteiger charge is 2.43. The van der Waals surface area contributed by atoms with Crippen LogP contribution in [-0.4, -0.2) is 15.5 Å². The molecule has 8 heteroatoms. The average molecular weight is 926 g/mol. The van der Waals surface area contributed by atoms with Gasteiger partial charge in [0.25, 0.3) is 0 Å². The zero-order chi connectivity index (χ0) is 39.4. The molecule has 0 unspecified atom stereocenters. The summed E-state index contributed by atoms with van der Waals surface area (Å²) < 4.78 is 0.830. The van der Waals surface area contributed by atoms with Crippen LogP contribution in [0.25, 0.3) is 0 Å². The maximum absolute atomic E-state index is 7.25. The second-order valence-electron chi connectivity index (χ2n) is 12.7. The van der Waals surface area contributed by atoms with E-state index in [2.05, 4.69) is 186 Å². The monoisotopic (exact) mass is 922 g/mol. The first-order chi connectivity index (χ1) is 27.3. The highest BCUT2D eigenvalue weighted by Crippen LogP contribution is 2.29. The van der Waals surface area contributed by atoms with E-state index < -0.39 is 15.5 Å². The molecule has 0 fully saturated rings. The van der Waals surface area contributed by atoms with Crippen LogP contribution in [0.15, 0.2) is 223 Å². The Labute approximate surface area is 365 Å². The fraction of sp³-hybridized carbons (Fsp3) is 0. The van der Waals surface area contributed by atoms with Crippen molar-refractivity contribution in [2.24, 2.45) is 0 Å². The van der Waals surface area contributed by atoms with Crippen LogP contribution in [0.4, 0.5) is 0 Å². The highest BCUT2D eigenvalue weighted by atomic mass is 79.9. The smallest absolute Gasteiger partial charge is 0.149 e. The van der Waals surface area contributed by atoms with Gasteiger partial charge in [-0.15, -0.1) is 11.1 Å². The Morgan fingerprint density at radius 3 is 0.893 bits per heavy atom. The van der Waals surface area contributed by atoms with Crippen molar-refractivity contribution in [1.82, 2.24) is 0 Å². The third-order valence-electron chi connectivity index (χ3n) is 9.40. The lowest BCUT2D eigenvalue weighted by Gasteiger charge is -2.35. The first-order valence-corrected chi connectivity index (χ1v) is 25.2. The molecule has 8 aromatic rings. The summed E-state index contributed by atoms with van der Waals surface area (Å²) in [7, 11) is -5.00. The summed E-state index contributed by atoms with van der Waals surface area (Å²) in [6, 6.07) is 74.7. The topological polar surface area (TPSA) is 0 Å². The number of rotatable bonds is 7. The van der Waals surface area contributed by atoms with Crippen LogP contribution in [0.5, 0.6) is 0 Å². The van der Waals surface area contributed by atoms with Gasteiger partial charge in [0.15, 0.2) is 8.07 Å². The van der Waals surface area contributed by atoms with Crippen molar-refractivity contribution >= 4 is 125 Å². The second kappa shape index (κ2) is 20.0. The highest BCUT2D eigenvalue weighted by molar-refractivity contribution is 9.10. The molecule has 0 atom stereocenters. The Morgan fingerprint density at radius 2 is 0.589 bits per heavy atom. The van der Waals surface area contributed by atoms with Crippen molar-refractivity contribution in [2.75, 3.05) is 0 Å². The largest absolute Gasteiger partial charge is 0.247 e. The summed E-state index contributed by atoms with van der Waals surface area (Å²) in [5.74, 6) is 0. The van der Waals surface area contributed by atoms with Crippen LogP contribution in [0.1, 0.15) is 0 Å². The molecule has 0 aliphatic carbocycles. The third-order valence-corrected chi connectivity index (χ3v) is 22.3. The Kier molecular flexibility index (Phi) is 14.9. The SMILES string of the molecule is Cl[Si](c1ccccc1)(c1ccccc1)c1ccccc1.Clc1cccc(Br)c1Cl.Clc1cccc([Si](c2ccccc2)(c2ccccc2)c2ccccc2)c1Cl. The first-order valence-electron chi connectivity index (χ1n) is 17.8. The summed E-state index contributed by atoms with van der Waals surface area (Å²) in [5.41, 5.74) is 0. The molecule has 0 saturated heterocycles. The molecule has 8 rings (SSSR count). The minimum atomic E-state index is -2.59. The molecule has 278 valence electrons. The predicted molar refractivity (Wildman–Crippen MR) is 254 cm³/mol. The van der Waals surface area contributed by atoms with E-state index in [9.17, 15) is 0 Å². The van der Waals surface area contributed by atoms with E-state index in [1.54, 1.807) is 6.07 Å². The maximum atomic E-state index is 7.25. The Balaban J connectivity index is 0.000000160. The molecule has 0 heterocycles. The van der Waals surface area contributed by atoms with E-state index in [4.69, 9.17) is 57.5 Å². The summed E-state index contributed by atoms with van der Waals surface area (Å²) in [6.07, 6.45) is 0. The number of halogens is 6. The van der Waals surface area contributed by atoms with Gasteiger partial charge in [-0.25, -0.2) is 0 Å². The fourth-order valence-electron chi connectivity index (χ4n) is 6.81. The van der Waals surface area contributed by atoms with Gasteiger partial charge in [-0.3, -0.25) is 0 Å². The van der Waals surface area contributed by atoms with Gasteiger partial charge in [-0.05, 0) is 70.4 Å². The van der Waals surface area contributed by atoms with Crippen molar-refractivity contribution in [3.05, 3.63) is 243 Å². The van der Waals surface area contributed by atoms with Crippen LogP contribution in [0.3, 0.4) is 0 Å². The van der Waals surface area contributed by atoms with E-state index in [0.717, 1.165) is 9.66 Å². The quantitative estimate of drug-likeness (QED) is 0.0647. The van der Waals surface area contributed by atoms with Gasteiger partial charge in [-0.1, -0.05) is 247 Å². The third kappa shape index (κ3) is 9.29. The summed E-state index contributed by atoms with van der Waals surface area (Å²) in [6.45, 7) is 0. The van der Waals surface area contributed by atoms with E-state index in [0.29, 0.717) is 20.1 Å². The van der Waals surface area contributed by atoms with Gasteiger partial charge < -0.3 is 0 Å². The first kappa shape index (κ1) is 41.7. The fourth-order valence-corrected chi connectivity index (χ4v) is 17.3. The van der Waals surface area contributed by atoms with Gasteiger partial charge in [0.05, 0.1) is 20.1 Å². The number of hydrogen-bond donors (Lipinski definition) is 0. The molecule has 0 aromatic heterocycles. The molecule has 56 heavy (non-hydrogen) atoms. The summed E-state index contributed by atoms with van der Waals surface area (Å²) in [4.78, 5) is 0. The lowest BCUT2D eigenvalue weighted by Crippen LogP contribution is -2.75. The molecule has 0 aliphatic heterocycles. The van der Waals surface area contributed by atoms with Crippen LogP contribution < -0.4 is 36.3 Å². The average Bonchev–Trinajstić information content (AvgIpc) is 3.27. The Morgan fingerprint density at radius 1 is 0.304 bits per heavy atom. The molecular formula is C48H36BrCl5Si2. The van der Waals surface area contributed by atoms with Crippen molar-refractivity contribution in [1.29, 1.82) is 0 Å². The van der Waals surface area contributed by atoms with Gasteiger partial charge in [-0.2, -0.15) is 0 Å². The minimum absolute atomic E-state index is 0.569. The Hall–Kier alpha value is -3.88. The molecule has 0 nitrogen and oxygen atoms in total. The molecular weight excluding hydrogens is 890 g/mol. The van der Waals surface area contributed by atoms with Crippen LogP contribution >= 0.6 is 73.4 Å². The van der Waals surface area contributed by atoms with Crippen molar-refractivity contribution < 1.29 is 0 Å². The van der Waals surface area contributed by atoms with Crippen LogP contribution in [-0.2, 0) is 0 Å². The summed E-state index contributed by atoms with van der Waals surface area (Å²) >= 11 is 35.1. The molecule has 0 spiro atoms. The minimum Gasteiger partial charge on any atom is -0.149 e. The predicted octanol–water partition coefficient (Wildman–Crippen LogP) is 11.0. The van der Waals surface area contributed by atoms with E-state index in [-0.39, 0.29) is 0 Å². The molecule has 0 bridgehead atoms. The molecule has 0 radical (unpaired) electrons. The molecule has 8 aromatic carbocycles. The van der Waals surface area contributed by atoms with E-state index in [1.807, 2.05) is 42.5 Å². The lowest BCUT2D eigenvalue weighted by molar-refractivity contribution is 1.65. The second-order valence-corrected chi connectivity index (χ2v) is 23.7. The van der Waals surface area contributed by atoms with Crippen LogP contribution in [0.2, 0.25) is 20.1 Å². The Bertz CT molecular complexity index is 2210. The van der Waals surface area contributed by atoms with Gasteiger partial charge in [0.1, 0.15) is 0 Å². The van der Waals surface area contributed by atoms with E-state index >= 15 is 0 Å².